The number of ether oxygens (including phenoxy) is 1. The van der Waals surface area contributed by atoms with Crippen LogP contribution in [0.15, 0.2) is 42.5 Å². The normalized spacial score (nSPS) is 10.1. The summed E-state index contributed by atoms with van der Waals surface area (Å²) in [6.07, 6.45) is 0. The zero-order valence-electron chi connectivity index (χ0n) is 11.4. The number of hydrogen-bond acceptors (Lipinski definition) is 4. The Hall–Kier alpha value is -2.56. The average molecular weight is 272 g/mol. The molecule has 0 bridgehead atoms. The summed E-state index contributed by atoms with van der Waals surface area (Å²) < 4.78 is 5.24. The molecular weight excluding hydrogens is 256 g/mol. The van der Waals surface area contributed by atoms with Crippen LogP contribution >= 0.6 is 0 Å². The van der Waals surface area contributed by atoms with Crippen molar-refractivity contribution < 1.29 is 9.66 Å². The van der Waals surface area contributed by atoms with E-state index in [1.54, 1.807) is 13.2 Å². The molecule has 0 aliphatic heterocycles. The van der Waals surface area contributed by atoms with Crippen molar-refractivity contribution in [2.75, 3.05) is 12.4 Å². The lowest BCUT2D eigenvalue weighted by Gasteiger charge is -2.12. The van der Waals surface area contributed by atoms with Gasteiger partial charge in [-0.1, -0.05) is 18.2 Å². The first-order chi connectivity index (χ1) is 9.61. The number of para-hydroxylation sites is 1. The second-order valence-corrected chi connectivity index (χ2v) is 4.42. The van der Waals surface area contributed by atoms with Crippen LogP contribution in [-0.4, -0.2) is 12.0 Å². The number of nitrogens with zero attached hydrogens (tertiary/aromatic N) is 1. The molecule has 0 radical (unpaired) electrons. The Kier molecular flexibility index (Phi) is 4.20. The van der Waals surface area contributed by atoms with Crippen LogP contribution in [0.1, 0.15) is 11.1 Å². The van der Waals surface area contributed by atoms with Crippen molar-refractivity contribution in [3.8, 4) is 5.75 Å². The molecule has 0 amide bonds. The topological polar surface area (TPSA) is 64.4 Å². The molecule has 0 heterocycles. The van der Waals surface area contributed by atoms with Gasteiger partial charge in [0.25, 0.3) is 5.69 Å². The van der Waals surface area contributed by atoms with E-state index in [0.717, 1.165) is 16.8 Å². The quantitative estimate of drug-likeness (QED) is 0.668. The third kappa shape index (κ3) is 3.06. The Morgan fingerprint density at radius 2 is 2.00 bits per heavy atom. The largest absolute Gasteiger partial charge is 0.496 e. The minimum atomic E-state index is -0.406. The molecule has 5 nitrogen and oxygen atoms in total. The summed E-state index contributed by atoms with van der Waals surface area (Å²) in [6, 6.07) is 12.5. The molecule has 0 aromatic heterocycles. The summed E-state index contributed by atoms with van der Waals surface area (Å²) in [5.74, 6) is 0.636. The van der Waals surface area contributed by atoms with Gasteiger partial charge in [-0.3, -0.25) is 10.1 Å². The molecule has 0 saturated heterocycles. The number of nitro benzene ring substituents is 1. The van der Waals surface area contributed by atoms with E-state index in [1.165, 1.54) is 12.1 Å². The van der Waals surface area contributed by atoms with Gasteiger partial charge < -0.3 is 10.1 Å². The fourth-order valence-corrected chi connectivity index (χ4v) is 1.98. The summed E-state index contributed by atoms with van der Waals surface area (Å²) in [5.41, 5.74) is 2.94. The average Bonchev–Trinajstić information content (AvgIpc) is 2.46. The van der Waals surface area contributed by atoms with Gasteiger partial charge in [-0.2, -0.15) is 0 Å². The van der Waals surface area contributed by atoms with E-state index in [4.69, 9.17) is 4.74 Å². The van der Waals surface area contributed by atoms with Gasteiger partial charge >= 0.3 is 0 Å². The summed E-state index contributed by atoms with van der Waals surface area (Å²) in [4.78, 5) is 10.4. The fraction of sp³-hybridized carbons (Fsp3) is 0.200. The summed E-state index contributed by atoms with van der Waals surface area (Å²) in [7, 11) is 1.55. The Morgan fingerprint density at radius 1 is 1.25 bits per heavy atom. The van der Waals surface area contributed by atoms with Crippen LogP contribution in [0, 0.1) is 17.0 Å². The highest BCUT2D eigenvalue weighted by molar-refractivity contribution is 5.52. The molecule has 0 spiro atoms. The molecular formula is C15H16N2O3. The van der Waals surface area contributed by atoms with Crippen molar-refractivity contribution in [2.45, 2.75) is 13.5 Å². The first kappa shape index (κ1) is 13.9. The second-order valence-electron chi connectivity index (χ2n) is 4.42. The van der Waals surface area contributed by atoms with Gasteiger partial charge in [-0.25, -0.2) is 0 Å². The minimum absolute atomic E-state index is 0.0624. The van der Waals surface area contributed by atoms with Crippen LogP contribution in [0.5, 0.6) is 5.75 Å². The van der Waals surface area contributed by atoms with E-state index >= 15 is 0 Å². The number of nitrogens with one attached hydrogen (secondary N) is 1. The summed E-state index contributed by atoms with van der Waals surface area (Å²) in [6.45, 7) is 2.47. The molecule has 20 heavy (non-hydrogen) atoms. The lowest BCUT2D eigenvalue weighted by Crippen LogP contribution is -2.03. The van der Waals surface area contributed by atoms with Crippen LogP contribution in [-0.2, 0) is 6.54 Å². The van der Waals surface area contributed by atoms with Crippen molar-refractivity contribution in [1.29, 1.82) is 0 Å². The second kappa shape index (κ2) is 6.06. The van der Waals surface area contributed by atoms with Crippen molar-refractivity contribution in [3.05, 3.63) is 63.7 Å². The van der Waals surface area contributed by atoms with Gasteiger partial charge in [-0.15, -0.1) is 0 Å². The van der Waals surface area contributed by atoms with Crippen LogP contribution in [0.4, 0.5) is 11.4 Å². The SMILES string of the molecule is COc1ccc([N+](=O)[O-])cc1CNc1ccccc1C. The van der Waals surface area contributed by atoms with Gasteiger partial charge in [0.1, 0.15) is 5.75 Å². The van der Waals surface area contributed by atoms with E-state index < -0.39 is 4.92 Å². The molecule has 2 aromatic carbocycles. The third-order valence-electron chi connectivity index (χ3n) is 3.09. The fourth-order valence-electron chi connectivity index (χ4n) is 1.98. The van der Waals surface area contributed by atoms with E-state index in [0.29, 0.717) is 12.3 Å². The van der Waals surface area contributed by atoms with Gasteiger partial charge in [0.2, 0.25) is 0 Å². The smallest absolute Gasteiger partial charge is 0.270 e. The standard InChI is InChI=1S/C15H16N2O3/c1-11-5-3-4-6-14(11)16-10-12-9-13(17(18)19)7-8-15(12)20-2/h3-9,16H,10H2,1-2H3. The maximum Gasteiger partial charge on any atom is 0.270 e. The molecule has 0 atom stereocenters. The predicted octanol–water partition coefficient (Wildman–Crippen LogP) is 3.52. The number of aryl methyl sites for hydroxylation is 1. The first-order valence-corrected chi connectivity index (χ1v) is 6.22. The molecule has 5 heteroatoms. The monoisotopic (exact) mass is 272 g/mol. The van der Waals surface area contributed by atoms with Crippen molar-refractivity contribution >= 4 is 11.4 Å². The first-order valence-electron chi connectivity index (χ1n) is 6.22. The molecule has 0 unspecified atom stereocenters. The number of methoxy groups -OCH3 is 1. The number of anilines is 1. The lowest BCUT2D eigenvalue weighted by molar-refractivity contribution is -0.384. The minimum Gasteiger partial charge on any atom is -0.496 e. The molecule has 1 N–H and O–H groups in total. The van der Waals surface area contributed by atoms with Crippen molar-refractivity contribution in [1.82, 2.24) is 0 Å². The zero-order chi connectivity index (χ0) is 14.5. The van der Waals surface area contributed by atoms with Crippen LogP contribution < -0.4 is 10.1 Å². The van der Waals surface area contributed by atoms with Crippen molar-refractivity contribution in [2.24, 2.45) is 0 Å². The zero-order valence-corrected chi connectivity index (χ0v) is 11.4. The number of nitro groups is 1. The van der Waals surface area contributed by atoms with Gasteiger partial charge in [0, 0.05) is 29.9 Å². The predicted molar refractivity (Wildman–Crippen MR) is 78.2 cm³/mol. The Balaban J connectivity index is 2.22. The number of rotatable bonds is 5. The van der Waals surface area contributed by atoms with Crippen LogP contribution in [0.3, 0.4) is 0 Å². The summed E-state index contributed by atoms with van der Waals surface area (Å²) >= 11 is 0. The molecule has 0 aliphatic rings. The van der Waals surface area contributed by atoms with Gasteiger partial charge in [0.15, 0.2) is 0 Å². The molecule has 2 aromatic rings. The molecule has 104 valence electrons. The van der Waals surface area contributed by atoms with E-state index in [-0.39, 0.29) is 5.69 Å². The molecule has 0 saturated carbocycles. The highest BCUT2D eigenvalue weighted by Crippen LogP contribution is 2.25. The van der Waals surface area contributed by atoms with E-state index in [9.17, 15) is 10.1 Å². The number of non-ortho nitro benzene ring substituents is 1. The summed E-state index contributed by atoms with van der Waals surface area (Å²) in [5, 5.41) is 14.1. The maximum absolute atomic E-state index is 10.8. The lowest BCUT2D eigenvalue weighted by atomic mass is 10.1. The molecule has 0 fully saturated rings. The Bertz CT molecular complexity index is 626. The molecule has 0 aliphatic carbocycles. The van der Waals surface area contributed by atoms with Gasteiger partial charge in [0.05, 0.1) is 12.0 Å². The molecule has 2 rings (SSSR count). The Labute approximate surface area is 117 Å². The van der Waals surface area contributed by atoms with E-state index in [2.05, 4.69) is 5.32 Å². The third-order valence-corrected chi connectivity index (χ3v) is 3.09. The van der Waals surface area contributed by atoms with Crippen LogP contribution in [0.2, 0.25) is 0 Å². The number of hydrogen-bond donors (Lipinski definition) is 1. The number of benzene rings is 2. The highest BCUT2D eigenvalue weighted by Gasteiger charge is 2.11. The maximum atomic E-state index is 10.8. The van der Waals surface area contributed by atoms with Gasteiger partial charge in [-0.05, 0) is 24.6 Å². The van der Waals surface area contributed by atoms with Crippen LogP contribution in [0.25, 0.3) is 0 Å². The Morgan fingerprint density at radius 3 is 2.65 bits per heavy atom. The van der Waals surface area contributed by atoms with E-state index in [1.807, 2.05) is 31.2 Å². The van der Waals surface area contributed by atoms with Crippen molar-refractivity contribution in [3.63, 3.8) is 0 Å². The highest BCUT2D eigenvalue weighted by atomic mass is 16.6.